The van der Waals surface area contributed by atoms with Crippen molar-refractivity contribution in [3.05, 3.63) is 40.0 Å². The number of thiophene rings is 1. The van der Waals surface area contributed by atoms with Gasteiger partial charge in [-0.25, -0.2) is 17.9 Å². The SMILES string of the molecule is CCOC(=O)c1c(C)[nH]c(C)c1C(=O)COC(=O)CCNS(=O)(=O)c1cccs1. The Kier molecular flexibility index (Phi) is 7.71. The predicted octanol–water partition coefficient (Wildman–Crippen LogP) is 1.96. The molecule has 0 aliphatic carbocycles. The van der Waals surface area contributed by atoms with E-state index in [1.165, 1.54) is 6.07 Å². The number of carbonyl (C=O) groups is 3. The molecule has 0 bridgehead atoms. The molecule has 0 spiro atoms. The molecule has 0 atom stereocenters. The van der Waals surface area contributed by atoms with Crippen LogP contribution in [0.5, 0.6) is 0 Å². The molecule has 29 heavy (non-hydrogen) atoms. The molecule has 0 aliphatic rings. The topological polar surface area (TPSA) is 132 Å². The van der Waals surface area contributed by atoms with Gasteiger partial charge in [-0.1, -0.05) is 6.07 Å². The van der Waals surface area contributed by atoms with E-state index in [4.69, 9.17) is 9.47 Å². The number of hydrogen-bond donors (Lipinski definition) is 2. The molecule has 0 fully saturated rings. The van der Waals surface area contributed by atoms with Crippen LogP contribution < -0.4 is 4.72 Å². The predicted molar refractivity (Wildman–Crippen MR) is 106 cm³/mol. The van der Waals surface area contributed by atoms with Crippen LogP contribution in [-0.4, -0.2) is 50.9 Å². The number of aryl methyl sites for hydroxylation is 2. The molecule has 0 aliphatic heterocycles. The smallest absolute Gasteiger partial charge is 0.340 e. The molecule has 0 radical (unpaired) electrons. The molecule has 0 amide bonds. The lowest BCUT2D eigenvalue weighted by molar-refractivity contribution is -0.142. The van der Waals surface area contributed by atoms with Gasteiger partial charge in [-0.3, -0.25) is 9.59 Å². The normalized spacial score (nSPS) is 11.3. The lowest BCUT2D eigenvalue weighted by Gasteiger charge is -2.08. The van der Waals surface area contributed by atoms with Crippen molar-refractivity contribution in [3.63, 3.8) is 0 Å². The zero-order valence-electron chi connectivity index (χ0n) is 16.2. The van der Waals surface area contributed by atoms with Gasteiger partial charge in [0.1, 0.15) is 4.21 Å². The van der Waals surface area contributed by atoms with E-state index < -0.39 is 34.4 Å². The van der Waals surface area contributed by atoms with E-state index in [1.54, 1.807) is 32.2 Å². The summed E-state index contributed by atoms with van der Waals surface area (Å²) < 4.78 is 36.3. The molecule has 9 nitrogen and oxygen atoms in total. The van der Waals surface area contributed by atoms with E-state index in [-0.39, 0.29) is 34.9 Å². The van der Waals surface area contributed by atoms with E-state index in [1.807, 2.05) is 0 Å². The van der Waals surface area contributed by atoms with Crippen LogP contribution in [0.2, 0.25) is 0 Å². The second-order valence-corrected chi connectivity index (χ2v) is 8.95. The van der Waals surface area contributed by atoms with Gasteiger partial charge >= 0.3 is 11.9 Å². The van der Waals surface area contributed by atoms with Gasteiger partial charge in [-0.15, -0.1) is 11.3 Å². The second kappa shape index (κ2) is 9.81. The number of sulfonamides is 1. The van der Waals surface area contributed by atoms with E-state index >= 15 is 0 Å². The van der Waals surface area contributed by atoms with Crippen molar-refractivity contribution >= 4 is 39.1 Å². The summed E-state index contributed by atoms with van der Waals surface area (Å²) >= 11 is 1.06. The number of hydrogen-bond acceptors (Lipinski definition) is 8. The number of aromatic amines is 1. The van der Waals surface area contributed by atoms with Gasteiger partial charge in [-0.05, 0) is 32.2 Å². The van der Waals surface area contributed by atoms with Crippen LogP contribution in [0.3, 0.4) is 0 Å². The van der Waals surface area contributed by atoms with Gasteiger partial charge in [-0.2, -0.15) is 0 Å². The Balaban J connectivity index is 1.91. The van der Waals surface area contributed by atoms with Crippen LogP contribution in [0.1, 0.15) is 45.4 Å². The van der Waals surface area contributed by atoms with Crippen molar-refractivity contribution < 1.29 is 32.3 Å². The Morgan fingerprint density at radius 2 is 1.83 bits per heavy atom. The molecule has 158 valence electrons. The maximum absolute atomic E-state index is 12.5. The van der Waals surface area contributed by atoms with Crippen molar-refractivity contribution in [2.24, 2.45) is 0 Å². The molecule has 2 aromatic heterocycles. The molecule has 11 heteroatoms. The monoisotopic (exact) mass is 442 g/mol. The first-order valence-electron chi connectivity index (χ1n) is 8.75. The zero-order valence-corrected chi connectivity index (χ0v) is 17.9. The van der Waals surface area contributed by atoms with Crippen LogP contribution in [0.25, 0.3) is 0 Å². The van der Waals surface area contributed by atoms with Crippen molar-refractivity contribution in [3.8, 4) is 0 Å². The van der Waals surface area contributed by atoms with E-state index in [0.717, 1.165) is 11.3 Å². The summed E-state index contributed by atoms with van der Waals surface area (Å²) in [5.74, 6) is -1.93. The first kappa shape index (κ1) is 22.8. The number of nitrogens with one attached hydrogen (secondary N) is 2. The first-order valence-corrected chi connectivity index (χ1v) is 11.1. The first-order chi connectivity index (χ1) is 13.7. The highest BCUT2D eigenvalue weighted by Gasteiger charge is 2.26. The lowest BCUT2D eigenvalue weighted by atomic mass is 10.1. The van der Waals surface area contributed by atoms with E-state index in [0.29, 0.717) is 11.4 Å². The van der Waals surface area contributed by atoms with Crippen molar-refractivity contribution in [2.45, 2.75) is 31.4 Å². The average molecular weight is 443 g/mol. The fraction of sp³-hybridized carbons (Fsp3) is 0.389. The number of ether oxygens (including phenoxy) is 2. The van der Waals surface area contributed by atoms with Crippen LogP contribution in [0, 0.1) is 13.8 Å². The third-order valence-electron chi connectivity index (χ3n) is 3.88. The van der Waals surface area contributed by atoms with Crippen LogP contribution in [0.15, 0.2) is 21.7 Å². The number of rotatable bonds is 10. The Bertz CT molecular complexity index is 992. The third-order valence-corrected chi connectivity index (χ3v) is 6.74. The summed E-state index contributed by atoms with van der Waals surface area (Å²) in [5.41, 5.74) is 1.19. The minimum absolute atomic E-state index is 0.118. The number of Topliss-reactive ketones (excluding diaryl/α,β-unsaturated/α-hetero) is 1. The summed E-state index contributed by atoms with van der Waals surface area (Å²) in [4.78, 5) is 39.4. The zero-order chi connectivity index (χ0) is 21.6. The Labute approximate surface area is 172 Å². The van der Waals surface area contributed by atoms with Gasteiger partial charge in [0.05, 0.1) is 24.2 Å². The van der Waals surface area contributed by atoms with E-state index in [2.05, 4.69) is 9.71 Å². The van der Waals surface area contributed by atoms with Gasteiger partial charge in [0.2, 0.25) is 15.8 Å². The molecule has 0 aromatic carbocycles. The molecular formula is C18H22N2O7S2. The number of aromatic nitrogens is 1. The summed E-state index contributed by atoms with van der Waals surface area (Å²) in [5, 5.41) is 1.63. The second-order valence-electron chi connectivity index (χ2n) is 6.01. The Hall–Kier alpha value is -2.50. The molecule has 0 saturated heterocycles. The van der Waals surface area contributed by atoms with Crippen molar-refractivity contribution in [1.82, 2.24) is 9.71 Å². The lowest BCUT2D eigenvalue weighted by Crippen LogP contribution is -2.26. The standard InChI is InChI=1S/C18H22N2O7S2/c1-4-26-18(23)17-12(3)20-11(2)16(17)13(21)10-27-14(22)7-8-19-29(24,25)15-6-5-9-28-15/h5-6,9,19-20H,4,7-8,10H2,1-3H3. The van der Waals surface area contributed by atoms with Gasteiger partial charge in [0, 0.05) is 17.9 Å². The molecule has 0 unspecified atom stereocenters. The maximum Gasteiger partial charge on any atom is 0.340 e. The largest absolute Gasteiger partial charge is 0.462 e. The van der Waals surface area contributed by atoms with Gasteiger partial charge in [0.15, 0.2) is 6.61 Å². The number of esters is 2. The maximum atomic E-state index is 12.5. The van der Waals surface area contributed by atoms with Crippen LogP contribution >= 0.6 is 11.3 Å². The summed E-state index contributed by atoms with van der Waals surface area (Å²) in [7, 11) is -3.67. The van der Waals surface area contributed by atoms with Gasteiger partial charge < -0.3 is 14.5 Å². The van der Waals surface area contributed by atoms with Crippen molar-refractivity contribution in [1.29, 1.82) is 0 Å². The highest BCUT2D eigenvalue weighted by molar-refractivity contribution is 7.91. The fourth-order valence-corrected chi connectivity index (χ4v) is 4.72. The average Bonchev–Trinajstić information content (AvgIpc) is 3.28. The molecule has 2 N–H and O–H groups in total. The van der Waals surface area contributed by atoms with E-state index in [9.17, 15) is 22.8 Å². The summed E-state index contributed by atoms with van der Waals surface area (Å²) in [6, 6.07) is 3.06. The minimum atomic E-state index is -3.67. The highest BCUT2D eigenvalue weighted by atomic mass is 32.2. The molecule has 0 saturated carbocycles. The molecule has 2 aromatic rings. The minimum Gasteiger partial charge on any atom is -0.462 e. The Morgan fingerprint density at radius 1 is 1.14 bits per heavy atom. The number of ketones is 1. The number of carbonyl (C=O) groups excluding carboxylic acids is 3. The quantitative estimate of drug-likeness (QED) is 0.425. The van der Waals surface area contributed by atoms with Crippen LogP contribution in [0.4, 0.5) is 0 Å². The highest BCUT2D eigenvalue weighted by Crippen LogP contribution is 2.20. The summed E-state index contributed by atoms with van der Waals surface area (Å²) in [6.45, 7) is 4.35. The molecular weight excluding hydrogens is 420 g/mol. The summed E-state index contributed by atoms with van der Waals surface area (Å²) in [6.07, 6.45) is -0.242. The number of H-pyrrole nitrogens is 1. The van der Waals surface area contributed by atoms with Gasteiger partial charge in [0.25, 0.3) is 0 Å². The van der Waals surface area contributed by atoms with Crippen LogP contribution in [-0.2, 0) is 24.3 Å². The third kappa shape index (κ3) is 5.75. The molecule has 2 rings (SSSR count). The van der Waals surface area contributed by atoms with Crippen molar-refractivity contribution in [2.75, 3.05) is 19.8 Å². The Morgan fingerprint density at radius 3 is 2.45 bits per heavy atom. The fourth-order valence-electron chi connectivity index (χ4n) is 2.65. The molecule has 2 heterocycles.